The van der Waals surface area contributed by atoms with Crippen LogP contribution in [0.2, 0.25) is 0 Å². The SMILES string of the molecule is O=C(COc1ccc(C(=O)/C=C/c2ccc(F)cc2)cc1)Nc1ccccc1. The molecule has 0 heterocycles. The Morgan fingerprint density at radius 1 is 0.893 bits per heavy atom. The van der Waals surface area contributed by atoms with Crippen molar-refractivity contribution < 1.29 is 18.7 Å². The number of ether oxygens (including phenoxy) is 1. The van der Waals surface area contributed by atoms with E-state index in [4.69, 9.17) is 4.74 Å². The molecule has 1 amide bonds. The van der Waals surface area contributed by atoms with E-state index in [-0.39, 0.29) is 24.1 Å². The van der Waals surface area contributed by atoms with E-state index < -0.39 is 0 Å². The summed E-state index contributed by atoms with van der Waals surface area (Å²) in [5, 5.41) is 2.73. The number of rotatable bonds is 7. The fraction of sp³-hybridized carbons (Fsp3) is 0.0435. The van der Waals surface area contributed by atoms with Crippen molar-refractivity contribution in [3.63, 3.8) is 0 Å². The fourth-order valence-corrected chi connectivity index (χ4v) is 2.42. The van der Waals surface area contributed by atoms with Crippen molar-refractivity contribution in [1.29, 1.82) is 0 Å². The molecule has 0 bridgehead atoms. The minimum absolute atomic E-state index is 0.132. The summed E-state index contributed by atoms with van der Waals surface area (Å²) in [4.78, 5) is 24.1. The first kappa shape index (κ1) is 19.0. The summed E-state index contributed by atoms with van der Waals surface area (Å²) in [5.41, 5.74) is 1.92. The van der Waals surface area contributed by atoms with E-state index in [9.17, 15) is 14.0 Å². The van der Waals surface area contributed by atoms with E-state index in [1.165, 1.54) is 18.2 Å². The fourth-order valence-electron chi connectivity index (χ4n) is 2.42. The highest BCUT2D eigenvalue weighted by Crippen LogP contribution is 2.14. The predicted molar refractivity (Wildman–Crippen MR) is 107 cm³/mol. The second kappa shape index (κ2) is 9.28. The number of halogens is 1. The minimum atomic E-state index is -0.323. The molecule has 4 nitrogen and oxygen atoms in total. The number of carbonyl (C=O) groups excluding carboxylic acids is 2. The van der Waals surface area contributed by atoms with Crippen molar-refractivity contribution >= 4 is 23.5 Å². The maximum absolute atomic E-state index is 12.9. The van der Waals surface area contributed by atoms with Gasteiger partial charge in [-0.25, -0.2) is 4.39 Å². The number of nitrogens with one attached hydrogen (secondary N) is 1. The van der Waals surface area contributed by atoms with Gasteiger partial charge in [-0.05, 0) is 60.2 Å². The number of anilines is 1. The highest BCUT2D eigenvalue weighted by atomic mass is 19.1. The van der Waals surface area contributed by atoms with Gasteiger partial charge in [0.2, 0.25) is 0 Å². The summed E-state index contributed by atoms with van der Waals surface area (Å²) in [6, 6.07) is 21.5. The van der Waals surface area contributed by atoms with Gasteiger partial charge in [-0.3, -0.25) is 9.59 Å². The summed E-state index contributed by atoms with van der Waals surface area (Å²) >= 11 is 0. The molecule has 0 atom stereocenters. The Bertz CT molecular complexity index is 965. The standard InChI is InChI=1S/C23H18FNO3/c24-19-11-6-17(7-12-19)8-15-22(26)18-9-13-21(14-10-18)28-16-23(27)25-20-4-2-1-3-5-20/h1-15H,16H2,(H,25,27)/b15-8+. The number of ketones is 1. The first-order valence-electron chi connectivity index (χ1n) is 8.66. The Balaban J connectivity index is 1.52. The Kier molecular flexibility index (Phi) is 6.31. The van der Waals surface area contributed by atoms with E-state index in [0.29, 0.717) is 17.0 Å². The molecule has 3 aromatic rings. The van der Waals surface area contributed by atoms with Gasteiger partial charge < -0.3 is 10.1 Å². The van der Waals surface area contributed by atoms with E-state index in [1.807, 2.05) is 18.2 Å². The molecule has 0 aliphatic rings. The van der Waals surface area contributed by atoms with Gasteiger partial charge in [0.05, 0.1) is 0 Å². The zero-order valence-corrected chi connectivity index (χ0v) is 15.0. The number of carbonyl (C=O) groups is 2. The number of amides is 1. The highest BCUT2D eigenvalue weighted by molar-refractivity contribution is 6.06. The van der Waals surface area contributed by atoms with Gasteiger partial charge in [0.1, 0.15) is 11.6 Å². The summed E-state index contributed by atoms with van der Waals surface area (Å²) in [6.45, 7) is -0.132. The van der Waals surface area contributed by atoms with Gasteiger partial charge in [0.15, 0.2) is 12.4 Å². The average Bonchev–Trinajstić information content (AvgIpc) is 2.73. The van der Waals surface area contributed by atoms with Crippen LogP contribution in [0.15, 0.2) is 84.9 Å². The third kappa shape index (κ3) is 5.64. The molecule has 0 spiro atoms. The summed E-state index contributed by atoms with van der Waals surface area (Å²) in [6.07, 6.45) is 3.05. The Labute approximate surface area is 162 Å². The molecule has 3 rings (SSSR count). The van der Waals surface area contributed by atoms with Crippen LogP contribution in [0.5, 0.6) is 5.75 Å². The van der Waals surface area contributed by atoms with Crippen molar-refractivity contribution in [2.24, 2.45) is 0 Å². The Hall–Kier alpha value is -3.73. The number of allylic oxidation sites excluding steroid dienone is 1. The van der Waals surface area contributed by atoms with E-state index in [0.717, 1.165) is 5.56 Å². The summed E-state index contributed by atoms with van der Waals surface area (Å²) < 4.78 is 18.3. The van der Waals surface area contributed by atoms with Crippen molar-refractivity contribution in [2.45, 2.75) is 0 Å². The lowest BCUT2D eigenvalue weighted by Gasteiger charge is -2.07. The lowest BCUT2D eigenvalue weighted by Crippen LogP contribution is -2.20. The van der Waals surface area contributed by atoms with Crippen LogP contribution < -0.4 is 10.1 Å². The number of hydrogen-bond donors (Lipinski definition) is 1. The molecular formula is C23H18FNO3. The van der Waals surface area contributed by atoms with Crippen molar-refractivity contribution in [1.82, 2.24) is 0 Å². The number of benzene rings is 3. The zero-order chi connectivity index (χ0) is 19.8. The molecule has 0 radical (unpaired) electrons. The first-order valence-corrected chi connectivity index (χ1v) is 8.66. The van der Waals surface area contributed by atoms with Crippen LogP contribution >= 0.6 is 0 Å². The zero-order valence-electron chi connectivity index (χ0n) is 15.0. The molecule has 0 fully saturated rings. The van der Waals surface area contributed by atoms with Gasteiger partial charge >= 0.3 is 0 Å². The predicted octanol–water partition coefficient (Wildman–Crippen LogP) is 4.74. The van der Waals surface area contributed by atoms with Crippen LogP contribution in [0.1, 0.15) is 15.9 Å². The molecular weight excluding hydrogens is 357 g/mol. The van der Waals surface area contributed by atoms with E-state index in [2.05, 4.69) is 5.32 Å². The molecule has 140 valence electrons. The largest absolute Gasteiger partial charge is 0.484 e. The molecule has 0 saturated carbocycles. The molecule has 0 aliphatic carbocycles. The van der Waals surface area contributed by atoms with Gasteiger partial charge in [-0.2, -0.15) is 0 Å². The second-order valence-corrected chi connectivity index (χ2v) is 5.98. The minimum Gasteiger partial charge on any atom is -0.484 e. The van der Waals surface area contributed by atoms with Gasteiger partial charge in [0, 0.05) is 11.3 Å². The van der Waals surface area contributed by atoms with Gasteiger partial charge in [-0.15, -0.1) is 0 Å². The number of para-hydroxylation sites is 1. The van der Waals surface area contributed by atoms with E-state index in [1.54, 1.807) is 54.6 Å². The second-order valence-electron chi connectivity index (χ2n) is 5.98. The third-order valence-electron chi connectivity index (χ3n) is 3.86. The smallest absolute Gasteiger partial charge is 0.262 e. The summed E-state index contributed by atoms with van der Waals surface area (Å²) in [5.74, 6) is -0.287. The molecule has 28 heavy (non-hydrogen) atoms. The Morgan fingerprint density at radius 2 is 1.57 bits per heavy atom. The third-order valence-corrected chi connectivity index (χ3v) is 3.86. The maximum Gasteiger partial charge on any atom is 0.262 e. The van der Waals surface area contributed by atoms with Crippen LogP contribution in [0.25, 0.3) is 6.08 Å². The Morgan fingerprint density at radius 3 is 2.25 bits per heavy atom. The quantitative estimate of drug-likeness (QED) is 0.479. The topological polar surface area (TPSA) is 55.4 Å². The highest BCUT2D eigenvalue weighted by Gasteiger charge is 2.05. The average molecular weight is 375 g/mol. The molecule has 0 aliphatic heterocycles. The monoisotopic (exact) mass is 375 g/mol. The van der Waals surface area contributed by atoms with Crippen LogP contribution in [0, 0.1) is 5.82 Å². The molecule has 0 unspecified atom stereocenters. The van der Waals surface area contributed by atoms with Gasteiger partial charge in [-0.1, -0.05) is 36.4 Å². The van der Waals surface area contributed by atoms with Crippen LogP contribution in [0.3, 0.4) is 0 Å². The van der Waals surface area contributed by atoms with E-state index >= 15 is 0 Å². The van der Waals surface area contributed by atoms with Crippen LogP contribution in [-0.4, -0.2) is 18.3 Å². The molecule has 5 heteroatoms. The molecule has 0 aromatic heterocycles. The number of hydrogen-bond acceptors (Lipinski definition) is 3. The normalized spacial score (nSPS) is 10.6. The first-order chi connectivity index (χ1) is 13.6. The summed E-state index contributed by atoms with van der Waals surface area (Å²) in [7, 11) is 0. The molecule has 0 saturated heterocycles. The lowest BCUT2D eigenvalue weighted by molar-refractivity contribution is -0.118. The molecule has 1 N–H and O–H groups in total. The van der Waals surface area contributed by atoms with Crippen LogP contribution in [-0.2, 0) is 4.79 Å². The van der Waals surface area contributed by atoms with Crippen molar-refractivity contribution in [2.75, 3.05) is 11.9 Å². The maximum atomic E-state index is 12.9. The van der Waals surface area contributed by atoms with Gasteiger partial charge in [0.25, 0.3) is 5.91 Å². The van der Waals surface area contributed by atoms with Crippen LogP contribution in [0.4, 0.5) is 10.1 Å². The lowest BCUT2D eigenvalue weighted by atomic mass is 10.1. The molecule has 3 aromatic carbocycles. The van der Waals surface area contributed by atoms with Crippen molar-refractivity contribution in [3.8, 4) is 5.75 Å². The van der Waals surface area contributed by atoms with Crippen molar-refractivity contribution in [3.05, 3.63) is 102 Å².